The van der Waals surface area contributed by atoms with Crippen molar-refractivity contribution in [2.75, 3.05) is 0 Å². The molecule has 0 bridgehead atoms. The maximum absolute atomic E-state index is 11.4. The van der Waals surface area contributed by atoms with E-state index in [9.17, 15) is 8.42 Å². The van der Waals surface area contributed by atoms with Crippen LogP contribution in [0.1, 0.15) is 38.2 Å². The van der Waals surface area contributed by atoms with Gasteiger partial charge in [0.2, 0.25) is 10.0 Å². The number of sulfonamides is 1. The van der Waals surface area contributed by atoms with Gasteiger partial charge in [-0.25, -0.2) is 13.6 Å². The van der Waals surface area contributed by atoms with Gasteiger partial charge in [-0.15, -0.1) is 0 Å². The van der Waals surface area contributed by atoms with Gasteiger partial charge in [0.15, 0.2) is 0 Å². The second-order valence-corrected chi connectivity index (χ2v) is 6.88. The Labute approximate surface area is 107 Å². The minimum Gasteiger partial charge on any atom is -0.257 e. The van der Waals surface area contributed by atoms with Crippen molar-refractivity contribution in [3.05, 3.63) is 23.8 Å². The molecule has 18 heavy (non-hydrogen) atoms. The molecule has 1 aliphatic carbocycles. The Morgan fingerprint density at radius 1 is 1.33 bits per heavy atom. The molecule has 5 heteroatoms. The summed E-state index contributed by atoms with van der Waals surface area (Å²) in [5, 5.41) is 5.20. The molecule has 0 radical (unpaired) electrons. The van der Waals surface area contributed by atoms with Gasteiger partial charge in [0.1, 0.15) is 0 Å². The van der Waals surface area contributed by atoms with Gasteiger partial charge < -0.3 is 0 Å². The van der Waals surface area contributed by atoms with Crippen LogP contribution in [0.25, 0.3) is 0 Å². The van der Waals surface area contributed by atoms with Gasteiger partial charge in [0, 0.05) is 11.1 Å². The topological polar surface area (TPSA) is 72.5 Å². The first kappa shape index (κ1) is 11.9. The maximum Gasteiger partial charge on any atom is 0.238 e. The van der Waals surface area contributed by atoms with Crippen molar-refractivity contribution < 1.29 is 8.42 Å². The van der Waals surface area contributed by atoms with Crippen LogP contribution in [0.3, 0.4) is 0 Å². The van der Waals surface area contributed by atoms with E-state index in [1.54, 1.807) is 18.2 Å². The minimum atomic E-state index is -3.64. The fourth-order valence-corrected chi connectivity index (χ4v) is 3.58. The summed E-state index contributed by atoms with van der Waals surface area (Å²) in [4.78, 5) is 4.83. The van der Waals surface area contributed by atoms with E-state index in [0.29, 0.717) is 0 Å². The minimum absolute atomic E-state index is 0.0890. The van der Waals surface area contributed by atoms with E-state index < -0.39 is 10.0 Å². The predicted molar refractivity (Wildman–Crippen MR) is 70.7 cm³/mol. The molecule has 2 N–H and O–H groups in total. The quantitative estimate of drug-likeness (QED) is 0.845. The van der Waals surface area contributed by atoms with Crippen molar-refractivity contribution in [1.29, 1.82) is 0 Å². The van der Waals surface area contributed by atoms with Crippen LogP contribution in [0.5, 0.6) is 0 Å². The number of primary sulfonamides is 1. The Balaban J connectivity index is 2.17. The zero-order chi connectivity index (χ0) is 13.0. The summed E-state index contributed by atoms with van der Waals surface area (Å²) in [6.07, 6.45) is 4.38. The lowest BCUT2D eigenvalue weighted by molar-refractivity contribution is 0.497. The third kappa shape index (κ3) is 1.61. The van der Waals surface area contributed by atoms with Crippen molar-refractivity contribution >= 4 is 21.4 Å². The van der Waals surface area contributed by atoms with Gasteiger partial charge in [-0.2, -0.15) is 0 Å². The first-order valence-corrected chi connectivity index (χ1v) is 7.71. The molecule has 1 saturated carbocycles. The normalized spacial score (nSPS) is 26.4. The average molecular weight is 264 g/mol. The standard InChI is InChI=1S/C13H16N2O2S/c1-13-7-3-2-4-12(13)15-11-6-5-9(8-10(11)13)18(14,16)17/h5-6,8H,2-4,7H2,1H3,(H2,14,16,17). The molecule has 1 aromatic rings. The lowest BCUT2D eigenvalue weighted by Gasteiger charge is -2.31. The van der Waals surface area contributed by atoms with Crippen LogP contribution in [-0.4, -0.2) is 14.1 Å². The summed E-state index contributed by atoms with van der Waals surface area (Å²) < 4.78 is 22.9. The number of aliphatic imine (C=N–C) groups is 1. The molecule has 1 atom stereocenters. The fourth-order valence-electron chi connectivity index (χ4n) is 3.04. The van der Waals surface area contributed by atoms with E-state index in [0.717, 1.165) is 30.5 Å². The van der Waals surface area contributed by atoms with Gasteiger partial charge in [-0.05, 0) is 43.0 Å². The van der Waals surface area contributed by atoms with Crippen LogP contribution in [0.15, 0.2) is 28.1 Å². The summed E-state index contributed by atoms with van der Waals surface area (Å²) in [6, 6.07) is 5.01. The van der Waals surface area contributed by atoms with Crippen LogP contribution < -0.4 is 5.14 Å². The smallest absolute Gasteiger partial charge is 0.238 e. The van der Waals surface area contributed by atoms with Crippen molar-refractivity contribution in [1.82, 2.24) is 0 Å². The predicted octanol–water partition coefficient (Wildman–Crippen LogP) is 2.25. The van der Waals surface area contributed by atoms with E-state index in [2.05, 4.69) is 11.9 Å². The molecule has 96 valence electrons. The summed E-state index contributed by atoms with van der Waals surface area (Å²) in [5.41, 5.74) is 3.02. The largest absolute Gasteiger partial charge is 0.257 e. The monoisotopic (exact) mass is 264 g/mol. The van der Waals surface area contributed by atoms with Crippen LogP contribution in [-0.2, 0) is 15.4 Å². The Morgan fingerprint density at radius 3 is 2.83 bits per heavy atom. The molecular formula is C13H16N2O2S. The number of nitrogens with two attached hydrogens (primary N) is 1. The van der Waals surface area contributed by atoms with Gasteiger partial charge in [0.05, 0.1) is 10.6 Å². The van der Waals surface area contributed by atoms with Crippen molar-refractivity contribution in [2.45, 2.75) is 42.9 Å². The molecule has 2 aliphatic rings. The highest BCUT2D eigenvalue weighted by Crippen LogP contribution is 2.47. The summed E-state index contributed by atoms with van der Waals surface area (Å²) in [7, 11) is -3.64. The lowest BCUT2D eigenvalue weighted by Crippen LogP contribution is -2.32. The van der Waals surface area contributed by atoms with Crippen LogP contribution in [0.2, 0.25) is 0 Å². The second kappa shape index (κ2) is 3.65. The SMILES string of the molecule is CC12CCCCC1=Nc1ccc(S(N)(=O)=O)cc12. The summed E-state index contributed by atoms with van der Waals surface area (Å²) in [5.74, 6) is 0. The van der Waals surface area contributed by atoms with E-state index in [-0.39, 0.29) is 10.3 Å². The molecule has 0 spiro atoms. The van der Waals surface area contributed by atoms with E-state index in [1.165, 1.54) is 12.1 Å². The lowest BCUT2D eigenvalue weighted by atomic mass is 9.71. The Hall–Kier alpha value is -1.20. The zero-order valence-corrected chi connectivity index (χ0v) is 11.1. The van der Waals surface area contributed by atoms with E-state index in [1.807, 2.05) is 0 Å². The number of fused-ring (bicyclic) bond motifs is 3. The summed E-state index contributed by atoms with van der Waals surface area (Å²) in [6.45, 7) is 2.16. The van der Waals surface area contributed by atoms with Gasteiger partial charge in [-0.1, -0.05) is 13.3 Å². The molecule has 0 aromatic heterocycles. The zero-order valence-electron chi connectivity index (χ0n) is 10.3. The number of hydrogen-bond donors (Lipinski definition) is 1. The van der Waals surface area contributed by atoms with Crippen LogP contribution in [0, 0.1) is 0 Å². The molecule has 1 fully saturated rings. The molecular weight excluding hydrogens is 248 g/mol. The molecule has 3 rings (SSSR count). The maximum atomic E-state index is 11.4. The number of nitrogens with zero attached hydrogens (tertiary/aromatic N) is 1. The van der Waals surface area contributed by atoms with Crippen LogP contribution in [0.4, 0.5) is 5.69 Å². The molecule has 0 amide bonds. The molecule has 1 unspecified atom stereocenters. The Kier molecular flexibility index (Phi) is 2.40. The highest BCUT2D eigenvalue weighted by atomic mass is 32.2. The third-order valence-corrected chi connectivity index (χ3v) is 5.03. The van der Waals surface area contributed by atoms with Gasteiger partial charge >= 0.3 is 0 Å². The highest BCUT2D eigenvalue weighted by Gasteiger charge is 2.40. The fraction of sp³-hybridized carbons (Fsp3) is 0.462. The molecule has 4 nitrogen and oxygen atoms in total. The van der Waals surface area contributed by atoms with Crippen molar-refractivity contribution in [2.24, 2.45) is 10.1 Å². The summed E-state index contributed by atoms with van der Waals surface area (Å²) >= 11 is 0. The van der Waals surface area contributed by atoms with E-state index in [4.69, 9.17) is 5.14 Å². The van der Waals surface area contributed by atoms with Crippen molar-refractivity contribution in [3.63, 3.8) is 0 Å². The van der Waals surface area contributed by atoms with Gasteiger partial charge in [-0.3, -0.25) is 4.99 Å². The second-order valence-electron chi connectivity index (χ2n) is 5.32. The van der Waals surface area contributed by atoms with E-state index >= 15 is 0 Å². The molecule has 0 saturated heterocycles. The number of hydrogen-bond acceptors (Lipinski definition) is 3. The van der Waals surface area contributed by atoms with Gasteiger partial charge in [0.25, 0.3) is 0 Å². The molecule has 1 aromatic carbocycles. The van der Waals surface area contributed by atoms with Crippen molar-refractivity contribution in [3.8, 4) is 0 Å². The molecule has 1 heterocycles. The first-order valence-electron chi connectivity index (χ1n) is 6.17. The number of rotatable bonds is 1. The number of benzene rings is 1. The Bertz CT molecular complexity index is 649. The average Bonchev–Trinajstić information content (AvgIpc) is 2.60. The Morgan fingerprint density at radius 2 is 2.11 bits per heavy atom. The highest BCUT2D eigenvalue weighted by molar-refractivity contribution is 7.89. The molecule has 1 aliphatic heterocycles. The first-order chi connectivity index (χ1) is 8.41. The third-order valence-electron chi connectivity index (χ3n) is 4.12. The van der Waals surface area contributed by atoms with Crippen LogP contribution >= 0.6 is 0 Å².